The fourth-order valence-electron chi connectivity index (χ4n) is 3.62. The predicted octanol–water partition coefficient (Wildman–Crippen LogP) is 2.38. The van der Waals surface area contributed by atoms with Gasteiger partial charge in [-0.15, -0.1) is 5.10 Å². The number of sulfonamides is 1. The molecule has 1 N–H and O–H groups in total. The molecule has 1 unspecified atom stereocenters. The van der Waals surface area contributed by atoms with Crippen LogP contribution in [-0.4, -0.2) is 59.5 Å². The summed E-state index contributed by atoms with van der Waals surface area (Å²) in [5.74, 6) is -0.170. The van der Waals surface area contributed by atoms with Gasteiger partial charge in [0.1, 0.15) is 4.87 Å². The number of rotatable bonds is 6. The molecule has 2 amide bonds. The zero-order chi connectivity index (χ0) is 22.9. The summed E-state index contributed by atoms with van der Waals surface area (Å²) in [6.45, 7) is 6.22. The van der Waals surface area contributed by atoms with Crippen molar-refractivity contribution in [2.75, 3.05) is 19.3 Å². The molecule has 10 heteroatoms. The maximum atomic E-state index is 13.4. The fourth-order valence-corrected chi connectivity index (χ4v) is 5.51. The van der Waals surface area contributed by atoms with Gasteiger partial charge in [-0.3, -0.25) is 14.5 Å². The van der Waals surface area contributed by atoms with Gasteiger partial charge >= 0.3 is 0 Å². The molecule has 0 saturated carbocycles. The number of hydrazone groups is 1. The molecule has 0 radical (unpaired) electrons. The minimum Gasteiger partial charge on any atom is -0.290 e. The second-order valence-electron chi connectivity index (χ2n) is 9.03. The number of hydrogen-bond donors (Lipinski definition) is 1. The van der Waals surface area contributed by atoms with E-state index in [1.807, 2.05) is 51.1 Å². The third-order valence-electron chi connectivity index (χ3n) is 5.19. The third kappa shape index (κ3) is 5.67. The van der Waals surface area contributed by atoms with E-state index in [-0.39, 0.29) is 18.4 Å². The molecule has 2 heterocycles. The Bertz CT molecular complexity index is 973. The zero-order valence-electron chi connectivity index (χ0n) is 18.4. The summed E-state index contributed by atoms with van der Waals surface area (Å²) in [4.78, 5) is 26.6. The lowest BCUT2D eigenvalue weighted by Crippen LogP contribution is -2.50. The summed E-state index contributed by atoms with van der Waals surface area (Å²) >= 11 is 1.38. The first-order chi connectivity index (χ1) is 14.4. The minimum atomic E-state index is -3.38. The van der Waals surface area contributed by atoms with Crippen LogP contribution in [0, 0.1) is 5.41 Å². The second kappa shape index (κ2) is 8.91. The van der Waals surface area contributed by atoms with Crippen LogP contribution < -0.4 is 4.72 Å². The highest BCUT2D eigenvalue weighted by Gasteiger charge is 2.51. The van der Waals surface area contributed by atoms with Gasteiger partial charge in [0.15, 0.2) is 5.17 Å². The average Bonchev–Trinajstić information content (AvgIpc) is 3.24. The van der Waals surface area contributed by atoms with E-state index in [4.69, 9.17) is 0 Å². The van der Waals surface area contributed by atoms with Crippen LogP contribution in [0.25, 0.3) is 0 Å². The standard InChI is InChI=1S/C21H30N4O4S2/c1-20(2,3)18(27)25-21(12-13-22-31(4,28)29,15-16-9-6-5-7-10-16)30-19(23-25)24-14-8-11-17(24)26/h5-7,9-10,22H,8,11-15H2,1-4H3. The molecule has 0 aromatic heterocycles. The van der Waals surface area contributed by atoms with Crippen LogP contribution in [-0.2, 0) is 26.0 Å². The molecule has 2 aliphatic rings. The van der Waals surface area contributed by atoms with Crippen LogP contribution in [0.3, 0.4) is 0 Å². The Labute approximate surface area is 188 Å². The Morgan fingerprint density at radius 3 is 2.48 bits per heavy atom. The number of carbonyl (C=O) groups excluding carboxylic acids is 2. The summed E-state index contributed by atoms with van der Waals surface area (Å²) < 4.78 is 25.9. The van der Waals surface area contributed by atoms with Gasteiger partial charge in [-0.25, -0.2) is 18.1 Å². The maximum absolute atomic E-state index is 13.4. The monoisotopic (exact) mass is 466 g/mol. The van der Waals surface area contributed by atoms with Gasteiger partial charge in [0.2, 0.25) is 21.8 Å². The van der Waals surface area contributed by atoms with Crippen molar-refractivity contribution in [3.05, 3.63) is 35.9 Å². The molecule has 2 aliphatic heterocycles. The molecule has 0 bridgehead atoms. The number of amides is 2. The summed E-state index contributed by atoms with van der Waals surface area (Å²) in [5, 5.41) is 6.65. The van der Waals surface area contributed by atoms with Gasteiger partial charge in [-0.05, 0) is 18.4 Å². The minimum absolute atomic E-state index is 0.000760. The van der Waals surface area contributed by atoms with Gasteiger partial charge in [-0.1, -0.05) is 62.9 Å². The molecule has 1 aromatic rings. The first kappa shape index (κ1) is 23.7. The Morgan fingerprint density at radius 2 is 1.94 bits per heavy atom. The average molecular weight is 467 g/mol. The normalized spacial score (nSPS) is 22.2. The van der Waals surface area contributed by atoms with Crippen LogP contribution in [0.1, 0.15) is 45.6 Å². The van der Waals surface area contributed by atoms with Gasteiger partial charge in [0.05, 0.1) is 6.26 Å². The van der Waals surface area contributed by atoms with Crippen LogP contribution in [0.15, 0.2) is 35.4 Å². The number of amidine groups is 1. The highest BCUT2D eigenvalue weighted by Crippen LogP contribution is 2.45. The summed E-state index contributed by atoms with van der Waals surface area (Å²) in [6, 6.07) is 9.74. The molecular formula is C21H30N4O4S2. The molecule has 170 valence electrons. The highest BCUT2D eigenvalue weighted by atomic mass is 32.2. The number of nitrogens with one attached hydrogen (secondary N) is 1. The van der Waals surface area contributed by atoms with Crippen LogP contribution in [0.5, 0.6) is 0 Å². The first-order valence-electron chi connectivity index (χ1n) is 10.3. The SMILES string of the molecule is CC(C)(C)C(=O)N1N=C(N2CCCC2=O)SC1(CCNS(C)(=O)=O)Cc1ccccc1. The molecule has 8 nitrogen and oxygen atoms in total. The highest BCUT2D eigenvalue weighted by molar-refractivity contribution is 8.15. The van der Waals surface area contributed by atoms with E-state index in [9.17, 15) is 18.0 Å². The summed E-state index contributed by atoms with van der Waals surface area (Å²) in [7, 11) is -3.38. The molecule has 1 aromatic carbocycles. The molecule has 3 rings (SSSR count). The van der Waals surface area contributed by atoms with E-state index in [2.05, 4.69) is 9.82 Å². The zero-order valence-corrected chi connectivity index (χ0v) is 20.1. The van der Waals surface area contributed by atoms with Crippen molar-refractivity contribution in [2.24, 2.45) is 10.5 Å². The van der Waals surface area contributed by atoms with E-state index in [0.717, 1.165) is 18.2 Å². The summed E-state index contributed by atoms with van der Waals surface area (Å²) in [5.41, 5.74) is 0.311. The lowest BCUT2D eigenvalue weighted by atomic mass is 9.93. The summed E-state index contributed by atoms with van der Waals surface area (Å²) in [6.07, 6.45) is 3.15. The van der Waals surface area contributed by atoms with Gasteiger partial charge < -0.3 is 0 Å². The van der Waals surface area contributed by atoms with Crippen molar-refractivity contribution in [3.8, 4) is 0 Å². The molecule has 1 fully saturated rings. The van der Waals surface area contributed by atoms with Crippen molar-refractivity contribution < 1.29 is 18.0 Å². The van der Waals surface area contributed by atoms with Crippen molar-refractivity contribution in [1.82, 2.24) is 14.6 Å². The molecule has 1 saturated heterocycles. The van der Waals surface area contributed by atoms with E-state index in [1.165, 1.54) is 16.8 Å². The molecular weight excluding hydrogens is 436 g/mol. The Morgan fingerprint density at radius 1 is 1.26 bits per heavy atom. The van der Waals surface area contributed by atoms with Crippen LogP contribution in [0.4, 0.5) is 0 Å². The van der Waals surface area contributed by atoms with E-state index in [1.54, 1.807) is 4.90 Å². The number of hydrogen-bond acceptors (Lipinski definition) is 6. The molecule has 0 spiro atoms. The van der Waals surface area contributed by atoms with Crippen molar-refractivity contribution >= 4 is 38.8 Å². The molecule has 1 atom stereocenters. The first-order valence-corrected chi connectivity index (χ1v) is 13.0. The van der Waals surface area contributed by atoms with Crippen molar-refractivity contribution in [2.45, 2.75) is 51.3 Å². The Kier molecular flexibility index (Phi) is 6.83. The number of thioether (sulfide) groups is 1. The van der Waals surface area contributed by atoms with E-state index in [0.29, 0.717) is 31.0 Å². The largest absolute Gasteiger partial charge is 0.290 e. The fraction of sp³-hybridized carbons (Fsp3) is 0.571. The maximum Gasteiger partial charge on any atom is 0.249 e. The Balaban J connectivity index is 2.01. The van der Waals surface area contributed by atoms with E-state index >= 15 is 0 Å². The quantitative estimate of drug-likeness (QED) is 0.694. The lowest BCUT2D eigenvalue weighted by molar-refractivity contribution is -0.143. The van der Waals surface area contributed by atoms with Crippen LogP contribution in [0.2, 0.25) is 0 Å². The number of benzene rings is 1. The third-order valence-corrected chi connectivity index (χ3v) is 7.31. The van der Waals surface area contributed by atoms with Crippen LogP contribution >= 0.6 is 11.8 Å². The van der Waals surface area contributed by atoms with E-state index < -0.39 is 20.3 Å². The lowest BCUT2D eigenvalue weighted by Gasteiger charge is -2.38. The number of likely N-dealkylation sites (tertiary alicyclic amines) is 1. The Hall–Kier alpha value is -1.91. The van der Waals surface area contributed by atoms with Gasteiger partial charge in [0, 0.05) is 31.3 Å². The predicted molar refractivity (Wildman–Crippen MR) is 123 cm³/mol. The molecule has 0 aliphatic carbocycles. The topological polar surface area (TPSA) is 99.2 Å². The number of carbonyl (C=O) groups is 2. The second-order valence-corrected chi connectivity index (χ2v) is 12.2. The van der Waals surface area contributed by atoms with Gasteiger partial charge in [0.25, 0.3) is 0 Å². The van der Waals surface area contributed by atoms with Crippen molar-refractivity contribution in [1.29, 1.82) is 0 Å². The smallest absolute Gasteiger partial charge is 0.249 e. The molecule has 31 heavy (non-hydrogen) atoms. The number of nitrogens with zero attached hydrogens (tertiary/aromatic N) is 3. The van der Waals surface area contributed by atoms with Crippen molar-refractivity contribution in [3.63, 3.8) is 0 Å². The van der Waals surface area contributed by atoms with Gasteiger partial charge in [-0.2, -0.15) is 0 Å².